The first kappa shape index (κ1) is 32.0. The summed E-state index contributed by atoms with van der Waals surface area (Å²) >= 11 is 0. The molecule has 2 amide bonds. The molecule has 2 aromatic heterocycles. The van der Waals surface area contributed by atoms with Crippen LogP contribution >= 0.6 is 0 Å². The van der Waals surface area contributed by atoms with E-state index in [1.807, 2.05) is 33.0 Å². The van der Waals surface area contributed by atoms with Gasteiger partial charge in [0.05, 0.1) is 12.1 Å². The highest BCUT2D eigenvalue weighted by Crippen LogP contribution is 2.41. The molecule has 1 unspecified atom stereocenters. The molecule has 4 N–H and O–H groups in total. The number of amides is 2. The van der Waals surface area contributed by atoms with Gasteiger partial charge >= 0.3 is 6.18 Å². The summed E-state index contributed by atoms with van der Waals surface area (Å²) < 4.78 is 45.1. The summed E-state index contributed by atoms with van der Waals surface area (Å²) in [7, 11) is 3.50. The number of halogens is 3. The molecule has 1 saturated heterocycles. The predicted molar refractivity (Wildman–Crippen MR) is 172 cm³/mol. The lowest BCUT2D eigenvalue weighted by molar-refractivity contribution is -0.138. The highest BCUT2D eigenvalue weighted by molar-refractivity contribution is 6.10. The second kappa shape index (κ2) is 12.3. The Labute approximate surface area is 270 Å². The van der Waals surface area contributed by atoms with Crippen LogP contribution in [0.15, 0.2) is 48.8 Å². The molecule has 1 fully saturated rings. The van der Waals surface area contributed by atoms with Crippen molar-refractivity contribution in [3.8, 4) is 22.5 Å². The van der Waals surface area contributed by atoms with Crippen molar-refractivity contribution in [2.75, 3.05) is 36.1 Å². The Morgan fingerprint density at radius 2 is 1.83 bits per heavy atom. The van der Waals surface area contributed by atoms with E-state index < -0.39 is 17.6 Å². The Kier molecular flexibility index (Phi) is 8.38. The normalized spacial score (nSPS) is 16.5. The number of likely N-dealkylation sites (N-methyl/N-ethyl adjacent to an activating group) is 1. The molecule has 2 aliphatic heterocycles. The number of aryl methyl sites for hydroxylation is 1. The van der Waals surface area contributed by atoms with Crippen LogP contribution in [0.25, 0.3) is 22.5 Å². The van der Waals surface area contributed by atoms with Crippen LogP contribution in [0.4, 0.5) is 30.5 Å². The monoisotopic (exact) mass is 647 g/mol. The van der Waals surface area contributed by atoms with E-state index in [9.17, 15) is 22.8 Å². The number of benzene rings is 2. The summed E-state index contributed by atoms with van der Waals surface area (Å²) in [5, 5.41) is 14.7. The van der Waals surface area contributed by atoms with Gasteiger partial charge in [-0.15, -0.1) is 10.2 Å². The van der Waals surface area contributed by atoms with Crippen molar-refractivity contribution < 1.29 is 22.8 Å². The van der Waals surface area contributed by atoms with Crippen LogP contribution in [0.3, 0.4) is 0 Å². The fraction of sp³-hybridized carbons (Fsp3) is 0.364. The molecule has 11 nitrogen and oxygen atoms in total. The van der Waals surface area contributed by atoms with Crippen molar-refractivity contribution >= 4 is 29.1 Å². The number of hydrogen-bond donors (Lipinski definition) is 3. The first-order valence-corrected chi connectivity index (χ1v) is 15.3. The molecule has 4 aromatic rings. The second-order valence-electron chi connectivity index (χ2n) is 12.6. The molecule has 0 radical (unpaired) electrons. The fourth-order valence-electron chi connectivity index (χ4n) is 6.00. The third kappa shape index (κ3) is 6.50. The molecule has 0 bridgehead atoms. The summed E-state index contributed by atoms with van der Waals surface area (Å²) in [5.74, 6) is 0.900. The SMILES string of the molecule is CC(C)CNc1cc(-c2cc(N)ccc2-c2nncn2C)cc(N2Cc3c(cc(CNC4CC(=O)N(C)C4)cc3C(F)(F)F)C2=O)n1. The number of nitrogens with one attached hydrogen (secondary N) is 2. The zero-order valence-corrected chi connectivity index (χ0v) is 26.5. The first-order valence-electron chi connectivity index (χ1n) is 15.3. The minimum Gasteiger partial charge on any atom is -0.399 e. The van der Waals surface area contributed by atoms with Gasteiger partial charge in [0.1, 0.15) is 18.0 Å². The van der Waals surface area contributed by atoms with Crippen LogP contribution in [0.5, 0.6) is 0 Å². The lowest BCUT2D eigenvalue weighted by Gasteiger charge is -2.20. The van der Waals surface area contributed by atoms with Gasteiger partial charge in [0.15, 0.2) is 5.82 Å². The Morgan fingerprint density at radius 3 is 2.49 bits per heavy atom. The van der Waals surface area contributed by atoms with Crippen LogP contribution in [0, 0.1) is 5.92 Å². The molecule has 4 heterocycles. The summed E-state index contributed by atoms with van der Waals surface area (Å²) in [4.78, 5) is 33.4. The van der Waals surface area contributed by atoms with E-state index in [1.54, 1.807) is 41.0 Å². The zero-order valence-electron chi connectivity index (χ0n) is 26.5. The standard InChI is InChI=1S/C33H36F3N9O2/c1-18(2)13-39-28-9-20(24-11-21(37)5-6-23(24)31-42-40-17-44(31)4)10-29(41-28)45-16-26-25(32(45)47)7-19(8-27(26)33(34,35)36)14-38-22-12-30(46)43(3)15-22/h5-11,17-18,22,38H,12-16,37H2,1-4H3,(H,39,41). The molecule has 2 aromatic carbocycles. The van der Waals surface area contributed by atoms with Crippen molar-refractivity contribution in [1.82, 2.24) is 30.0 Å². The molecule has 6 rings (SSSR count). The number of hydrogen-bond acceptors (Lipinski definition) is 8. The third-order valence-corrected chi connectivity index (χ3v) is 8.43. The van der Waals surface area contributed by atoms with E-state index >= 15 is 0 Å². The van der Waals surface area contributed by atoms with Crippen molar-refractivity contribution in [3.63, 3.8) is 0 Å². The number of nitrogens with two attached hydrogens (primary N) is 1. The molecule has 0 saturated carbocycles. The van der Waals surface area contributed by atoms with E-state index in [2.05, 4.69) is 20.8 Å². The Morgan fingerprint density at radius 1 is 1.04 bits per heavy atom. The highest BCUT2D eigenvalue weighted by atomic mass is 19.4. The van der Waals surface area contributed by atoms with E-state index in [-0.39, 0.29) is 54.3 Å². The number of nitrogens with zero attached hydrogens (tertiary/aromatic N) is 6. The average Bonchev–Trinajstić information content (AvgIpc) is 3.69. The molecule has 47 heavy (non-hydrogen) atoms. The number of fused-ring (bicyclic) bond motifs is 1. The van der Waals surface area contributed by atoms with Gasteiger partial charge in [-0.1, -0.05) is 13.8 Å². The van der Waals surface area contributed by atoms with Gasteiger partial charge in [0.2, 0.25) is 5.91 Å². The van der Waals surface area contributed by atoms with Crippen LogP contribution in [0.1, 0.15) is 47.3 Å². The number of likely N-dealkylation sites (tertiary alicyclic amines) is 1. The minimum absolute atomic E-state index is 0.0242. The lowest BCUT2D eigenvalue weighted by Crippen LogP contribution is -2.31. The fourth-order valence-corrected chi connectivity index (χ4v) is 6.00. The van der Waals surface area contributed by atoms with Gasteiger partial charge in [-0.2, -0.15) is 13.2 Å². The molecule has 246 valence electrons. The number of nitrogen functional groups attached to an aromatic ring is 1. The van der Waals surface area contributed by atoms with Crippen molar-refractivity contribution in [2.24, 2.45) is 13.0 Å². The number of carbonyl (C=O) groups excluding carboxylic acids is 2. The Hall–Kier alpha value is -4.98. The summed E-state index contributed by atoms with van der Waals surface area (Å²) in [5.41, 5.74) is 8.10. The van der Waals surface area contributed by atoms with Gasteiger partial charge in [-0.25, -0.2) is 4.98 Å². The van der Waals surface area contributed by atoms with Crippen molar-refractivity contribution in [2.45, 2.75) is 45.6 Å². The van der Waals surface area contributed by atoms with E-state index in [4.69, 9.17) is 10.7 Å². The molecule has 1 atom stereocenters. The predicted octanol–water partition coefficient (Wildman–Crippen LogP) is 4.69. The average molecular weight is 648 g/mol. The van der Waals surface area contributed by atoms with Gasteiger partial charge < -0.3 is 25.8 Å². The van der Waals surface area contributed by atoms with Gasteiger partial charge in [-0.05, 0) is 70.6 Å². The Balaban J connectivity index is 1.40. The van der Waals surface area contributed by atoms with Gasteiger partial charge in [0, 0.05) is 63.0 Å². The molecule has 14 heteroatoms. The number of anilines is 3. The van der Waals surface area contributed by atoms with E-state index in [0.29, 0.717) is 47.1 Å². The van der Waals surface area contributed by atoms with Crippen LogP contribution in [-0.4, -0.2) is 62.6 Å². The van der Waals surface area contributed by atoms with Crippen LogP contribution in [-0.2, 0) is 31.1 Å². The molecular weight excluding hydrogens is 611 g/mol. The zero-order chi connectivity index (χ0) is 33.6. The summed E-state index contributed by atoms with van der Waals surface area (Å²) in [6.07, 6.45) is -2.84. The van der Waals surface area contributed by atoms with E-state index in [1.165, 1.54) is 11.0 Å². The number of carbonyl (C=O) groups is 2. The van der Waals surface area contributed by atoms with Gasteiger partial charge in [0.25, 0.3) is 5.91 Å². The number of alkyl halides is 3. The lowest BCUT2D eigenvalue weighted by atomic mass is 9.98. The van der Waals surface area contributed by atoms with E-state index in [0.717, 1.165) is 11.6 Å². The second-order valence-corrected chi connectivity index (χ2v) is 12.6. The molecular formula is C33H36F3N9O2. The molecule has 0 spiro atoms. The number of rotatable bonds is 9. The maximum absolute atomic E-state index is 14.4. The molecule has 2 aliphatic rings. The summed E-state index contributed by atoms with van der Waals surface area (Å²) in [6, 6.07) is 11.3. The topological polar surface area (TPSA) is 134 Å². The number of aromatic nitrogens is 4. The van der Waals surface area contributed by atoms with Crippen LogP contribution < -0.4 is 21.3 Å². The molecule has 0 aliphatic carbocycles. The van der Waals surface area contributed by atoms with Crippen molar-refractivity contribution in [3.05, 3.63) is 71.0 Å². The minimum atomic E-state index is -4.69. The van der Waals surface area contributed by atoms with Gasteiger partial charge in [-0.3, -0.25) is 14.5 Å². The third-order valence-electron chi connectivity index (χ3n) is 8.43. The quantitative estimate of drug-likeness (QED) is 0.223. The number of pyridine rings is 1. The van der Waals surface area contributed by atoms with Crippen molar-refractivity contribution in [1.29, 1.82) is 0 Å². The maximum atomic E-state index is 14.4. The first-order chi connectivity index (χ1) is 22.3. The highest BCUT2D eigenvalue weighted by Gasteiger charge is 2.41. The maximum Gasteiger partial charge on any atom is 0.416 e. The van der Waals surface area contributed by atoms with Crippen LogP contribution in [0.2, 0.25) is 0 Å². The smallest absolute Gasteiger partial charge is 0.399 e. The largest absolute Gasteiger partial charge is 0.416 e. The Bertz CT molecular complexity index is 1850. The summed E-state index contributed by atoms with van der Waals surface area (Å²) in [6.45, 7) is 4.89.